The third-order valence-corrected chi connectivity index (χ3v) is 2.22. The standard InChI is InChI=1S/C12H12N4O/c13-7-9-2-1-3-10(6-9)16-12(17)11-8-14-4-5-15-11/h1-6,8H,7,13H2,(H,16,17). The minimum atomic E-state index is -0.285. The lowest BCUT2D eigenvalue weighted by Gasteiger charge is -2.05. The van der Waals surface area contributed by atoms with E-state index in [1.54, 1.807) is 6.07 Å². The minimum absolute atomic E-state index is 0.283. The van der Waals surface area contributed by atoms with E-state index >= 15 is 0 Å². The van der Waals surface area contributed by atoms with Crippen molar-refractivity contribution in [1.82, 2.24) is 9.97 Å². The lowest BCUT2D eigenvalue weighted by Crippen LogP contribution is -2.14. The zero-order chi connectivity index (χ0) is 12.1. The number of hydrogen-bond acceptors (Lipinski definition) is 4. The normalized spacial score (nSPS) is 9.94. The summed E-state index contributed by atoms with van der Waals surface area (Å²) in [5.41, 5.74) is 7.47. The Hall–Kier alpha value is -2.27. The lowest BCUT2D eigenvalue weighted by atomic mass is 10.2. The molecular formula is C12H12N4O. The molecule has 0 saturated carbocycles. The predicted octanol–water partition coefficient (Wildman–Crippen LogP) is 1.19. The second kappa shape index (κ2) is 5.18. The molecule has 0 unspecified atom stereocenters. The van der Waals surface area contributed by atoms with Crippen LogP contribution in [0.25, 0.3) is 0 Å². The first-order valence-corrected chi connectivity index (χ1v) is 5.16. The largest absolute Gasteiger partial charge is 0.326 e. The van der Waals surface area contributed by atoms with Gasteiger partial charge in [-0.05, 0) is 17.7 Å². The summed E-state index contributed by atoms with van der Waals surface area (Å²) in [6, 6.07) is 7.37. The Labute approximate surface area is 98.7 Å². The van der Waals surface area contributed by atoms with E-state index in [2.05, 4.69) is 15.3 Å². The van der Waals surface area contributed by atoms with Gasteiger partial charge in [0.15, 0.2) is 0 Å². The van der Waals surface area contributed by atoms with Crippen LogP contribution < -0.4 is 11.1 Å². The number of rotatable bonds is 3. The number of aromatic nitrogens is 2. The molecule has 0 aliphatic heterocycles. The Morgan fingerprint density at radius 1 is 1.35 bits per heavy atom. The summed E-state index contributed by atoms with van der Waals surface area (Å²) in [4.78, 5) is 19.5. The number of benzene rings is 1. The van der Waals surface area contributed by atoms with Gasteiger partial charge in [0.25, 0.3) is 5.91 Å². The average molecular weight is 228 g/mol. The SMILES string of the molecule is NCc1cccc(NC(=O)c2cnccn2)c1. The molecular weight excluding hydrogens is 216 g/mol. The van der Waals surface area contributed by atoms with Crippen LogP contribution in [0.3, 0.4) is 0 Å². The molecule has 0 atom stereocenters. The van der Waals surface area contributed by atoms with Gasteiger partial charge in [-0.15, -0.1) is 0 Å². The fourth-order valence-electron chi connectivity index (χ4n) is 1.39. The zero-order valence-electron chi connectivity index (χ0n) is 9.13. The molecule has 0 radical (unpaired) electrons. The van der Waals surface area contributed by atoms with Crippen molar-refractivity contribution in [2.75, 3.05) is 5.32 Å². The van der Waals surface area contributed by atoms with Gasteiger partial charge in [-0.25, -0.2) is 4.98 Å². The summed E-state index contributed by atoms with van der Waals surface area (Å²) in [5.74, 6) is -0.285. The Morgan fingerprint density at radius 2 is 2.24 bits per heavy atom. The van der Waals surface area contributed by atoms with E-state index in [1.807, 2.05) is 18.2 Å². The number of nitrogens with two attached hydrogens (primary N) is 1. The maximum Gasteiger partial charge on any atom is 0.275 e. The van der Waals surface area contributed by atoms with Crippen LogP contribution in [0.15, 0.2) is 42.9 Å². The lowest BCUT2D eigenvalue weighted by molar-refractivity contribution is 0.102. The van der Waals surface area contributed by atoms with Gasteiger partial charge in [0.2, 0.25) is 0 Å². The van der Waals surface area contributed by atoms with E-state index in [1.165, 1.54) is 18.6 Å². The van der Waals surface area contributed by atoms with Gasteiger partial charge in [-0.2, -0.15) is 0 Å². The molecule has 1 amide bonds. The monoisotopic (exact) mass is 228 g/mol. The fourth-order valence-corrected chi connectivity index (χ4v) is 1.39. The predicted molar refractivity (Wildman–Crippen MR) is 64.3 cm³/mol. The molecule has 3 N–H and O–H groups in total. The van der Waals surface area contributed by atoms with Crippen LogP contribution in [0.4, 0.5) is 5.69 Å². The van der Waals surface area contributed by atoms with E-state index in [9.17, 15) is 4.79 Å². The first-order chi connectivity index (χ1) is 8.29. The Bertz CT molecular complexity index is 513. The summed E-state index contributed by atoms with van der Waals surface area (Å²) in [6.07, 6.45) is 4.42. The molecule has 0 fully saturated rings. The topological polar surface area (TPSA) is 80.9 Å². The van der Waals surface area contributed by atoms with Crippen LogP contribution in [-0.4, -0.2) is 15.9 Å². The van der Waals surface area contributed by atoms with Crippen LogP contribution in [0.1, 0.15) is 16.1 Å². The van der Waals surface area contributed by atoms with E-state index < -0.39 is 0 Å². The van der Waals surface area contributed by atoms with Crippen LogP contribution >= 0.6 is 0 Å². The molecule has 0 aliphatic rings. The van der Waals surface area contributed by atoms with Crippen LogP contribution in [0, 0.1) is 0 Å². The fraction of sp³-hybridized carbons (Fsp3) is 0.0833. The molecule has 17 heavy (non-hydrogen) atoms. The quantitative estimate of drug-likeness (QED) is 0.826. The Morgan fingerprint density at radius 3 is 2.94 bits per heavy atom. The van der Waals surface area contributed by atoms with Crippen molar-refractivity contribution < 1.29 is 4.79 Å². The number of carbonyl (C=O) groups excluding carboxylic acids is 1. The molecule has 0 aliphatic carbocycles. The molecule has 2 aromatic rings. The number of nitrogens with one attached hydrogen (secondary N) is 1. The molecule has 0 bridgehead atoms. The molecule has 0 saturated heterocycles. The highest BCUT2D eigenvalue weighted by Gasteiger charge is 2.07. The minimum Gasteiger partial charge on any atom is -0.326 e. The smallest absolute Gasteiger partial charge is 0.275 e. The van der Waals surface area contributed by atoms with E-state index in [0.717, 1.165) is 5.56 Å². The van der Waals surface area contributed by atoms with Crippen molar-refractivity contribution in [3.63, 3.8) is 0 Å². The van der Waals surface area contributed by atoms with E-state index in [-0.39, 0.29) is 11.6 Å². The van der Waals surface area contributed by atoms with Crippen LogP contribution in [-0.2, 0) is 6.54 Å². The third-order valence-electron chi connectivity index (χ3n) is 2.22. The van der Waals surface area contributed by atoms with Crippen LogP contribution in [0.5, 0.6) is 0 Å². The molecule has 1 heterocycles. The summed E-state index contributed by atoms with van der Waals surface area (Å²) < 4.78 is 0. The van der Waals surface area contributed by atoms with Gasteiger partial charge in [0.1, 0.15) is 5.69 Å². The van der Waals surface area contributed by atoms with Crippen molar-refractivity contribution in [3.8, 4) is 0 Å². The third kappa shape index (κ3) is 2.85. The number of carbonyl (C=O) groups is 1. The van der Waals surface area contributed by atoms with Gasteiger partial charge >= 0.3 is 0 Å². The molecule has 5 heteroatoms. The van der Waals surface area contributed by atoms with Crippen molar-refractivity contribution in [2.45, 2.75) is 6.54 Å². The van der Waals surface area contributed by atoms with Gasteiger partial charge < -0.3 is 11.1 Å². The van der Waals surface area contributed by atoms with E-state index in [4.69, 9.17) is 5.73 Å². The summed E-state index contributed by atoms with van der Waals surface area (Å²) in [5, 5.41) is 2.74. The van der Waals surface area contributed by atoms with Gasteiger partial charge in [-0.1, -0.05) is 12.1 Å². The van der Waals surface area contributed by atoms with Gasteiger partial charge in [0.05, 0.1) is 6.20 Å². The second-order valence-corrected chi connectivity index (χ2v) is 3.45. The van der Waals surface area contributed by atoms with Gasteiger partial charge in [-0.3, -0.25) is 9.78 Å². The first-order valence-electron chi connectivity index (χ1n) is 5.16. The maximum absolute atomic E-state index is 11.8. The van der Waals surface area contributed by atoms with E-state index in [0.29, 0.717) is 12.2 Å². The highest BCUT2D eigenvalue weighted by Crippen LogP contribution is 2.10. The second-order valence-electron chi connectivity index (χ2n) is 3.45. The van der Waals surface area contributed by atoms with Gasteiger partial charge in [0, 0.05) is 24.6 Å². The molecule has 1 aromatic carbocycles. The number of nitrogens with zero attached hydrogens (tertiary/aromatic N) is 2. The number of hydrogen-bond donors (Lipinski definition) is 2. The zero-order valence-corrected chi connectivity index (χ0v) is 9.13. The van der Waals surface area contributed by atoms with Crippen molar-refractivity contribution in [2.24, 2.45) is 5.73 Å². The molecule has 5 nitrogen and oxygen atoms in total. The van der Waals surface area contributed by atoms with Crippen molar-refractivity contribution >= 4 is 11.6 Å². The highest BCUT2D eigenvalue weighted by atomic mass is 16.1. The van der Waals surface area contributed by atoms with Crippen molar-refractivity contribution in [3.05, 3.63) is 54.1 Å². The highest BCUT2D eigenvalue weighted by molar-refractivity contribution is 6.02. The molecule has 86 valence electrons. The molecule has 2 rings (SSSR count). The first kappa shape index (κ1) is 11.2. The summed E-state index contributed by atoms with van der Waals surface area (Å²) in [7, 11) is 0. The molecule has 1 aromatic heterocycles. The van der Waals surface area contributed by atoms with Crippen LogP contribution in [0.2, 0.25) is 0 Å². The summed E-state index contributed by atoms with van der Waals surface area (Å²) >= 11 is 0. The number of anilines is 1. The maximum atomic E-state index is 11.8. The molecule has 0 spiro atoms. The Balaban J connectivity index is 2.13. The summed E-state index contributed by atoms with van der Waals surface area (Å²) in [6.45, 7) is 0.439. The Kier molecular flexibility index (Phi) is 3.42. The average Bonchev–Trinajstić information content (AvgIpc) is 2.40. The van der Waals surface area contributed by atoms with Crippen molar-refractivity contribution in [1.29, 1.82) is 0 Å². The number of amides is 1.